The number of aliphatic hydroxyl groups is 1. The van der Waals surface area contributed by atoms with Crippen LogP contribution in [0.1, 0.15) is 59.5 Å². The lowest BCUT2D eigenvalue weighted by Crippen LogP contribution is -2.62. The van der Waals surface area contributed by atoms with Crippen molar-refractivity contribution in [3.05, 3.63) is 68.8 Å². The molecule has 5 aromatic rings. The van der Waals surface area contributed by atoms with Gasteiger partial charge < -0.3 is 94.5 Å². The third-order valence-electron chi connectivity index (χ3n) is 10.7. The highest BCUT2D eigenvalue weighted by Crippen LogP contribution is 2.53. The zero-order valence-corrected chi connectivity index (χ0v) is 32.0. The van der Waals surface area contributed by atoms with Crippen LogP contribution >= 0.6 is 0 Å². The lowest BCUT2D eigenvalue weighted by Gasteiger charge is -2.43. The van der Waals surface area contributed by atoms with Gasteiger partial charge in [0, 0.05) is 28.5 Å². The summed E-state index contributed by atoms with van der Waals surface area (Å²) in [6.45, 7) is -1.22. The SMILES string of the molecule is O=C(O[C@@H]1O[C@@H]2COC(=O)c3cc(O)c(O)c(O)c3-c3c(cc(O)c(O)c3O)C(=O)O[C@H]([C@H]1O)[C@@H]2OC(=O)[C@H]1CC(=O)c2oc(=O)c3cc(O)c(O)c(O)c3c21)c1cc(O)c(O)c(O)c1. The second-order valence-corrected chi connectivity index (χ2v) is 14.5. The van der Waals surface area contributed by atoms with Gasteiger partial charge in [0.15, 0.2) is 81.6 Å². The number of esters is 4. The average molecular weight is 909 g/mol. The number of ketones is 1. The number of Topliss-reactive ketones (excluding diaryl/α,β-unsaturated/α-hetero) is 1. The van der Waals surface area contributed by atoms with E-state index in [0.29, 0.717) is 30.3 Å². The number of hydrogen-bond acceptors (Lipinski definition) is 25. The fraction of sp³-hybridized carbons (Fsp3) is 0.200. The Hall–Kier alpha value is -8.84. The topological polar surface area (TPSA) is 425 Å². The van der Waals surface area contributed by atoms with Crippen molar-refractivity contribution in [2.45, 2.75) is 43.0 Å². The molecule has 1 aromatic heterocycles. The summed E-state index contributed by atoms with van der Waals surface area (Å²) in [7, 11) is 0. The predicted molar refractivity (Wildman–Crippen MR) is 202 cm³/mol. The first-order valence-electron chi connectivity index (χ1n) is 18.3. The molecule has 25 nitrogen and oxygen atoms in total. The van der Waals surface area contributed by atoms with E-state index in [0.717, 1.165) is 0 Å². The van der Waals surface area contributed by atoms with Crippen LogP contribution in [-0.4, -0.2) is 133 Å². The van der Waals surface area contributed by atoms with Crippen molar-refractivity contribution in [3.63, 3.8) is 0 Å². The van der Waals surface area contributed by atoms with E-state index in [1.54, 1.807) is 0 Å². The standard InChI is InChI=1S/C40H28O25/c41-13-1-8(2-14(42)24(13)47)35(55)65-40-31(54)34-33(63-39(59)12-6-18(46)32-23(12)22-11(37(57)62-32)5-17(45)27(50)30(22)53)19(61-40)7-60-36(56)9-3-15(43)25(48)28(51)20(9)21-10(38(58)64-34)4-16(44)26(49)29(21)52/h1-5,12,19,31,33-34,40-45,47-54H,6-7H2/t12-,19+,31+,33+,34+,40-/m0/s1. The molecular formula is C40H28O25. The molecule has 0 amide bonds. The molecule has 2 aliphatic heterocycles. The van der Waals surface area contributed by atoms with Crippen LogP contribution in [0.4, 0.5) is 0 Å². The molecule has 3 aliphatic rings. The van der Waals surface area contributed by atoms with Crippen molar-refractivity contribution in [1.29, 1.82) is 0 Å². The summed E-state index contributed by atoms with van der Waals surface area (Å²) in [4.78, 5) is 81.7. The maximum Gasteiger partial charge on any atom is 0.344 e. The maximum absolute atomic E-state index is 14.3. The molecule has 0 unspecified atom stereocenters. The van der Waals surface area contributed by atoms with E-state index in [-0.39, 0.29) is 0 Å². The van der Waals surface area contributed by atoms with Crippen molar-refractivity contribution in [3.8, 4) is 80.1 Å². The molecule has 1 fully saturated rings. The molecule has 2 bridgehead atoms. The Labute approximate surface area is 357 Å². The van der Waals surface area contributed by atoms with Gasteiger partial charge >= 0.3 is 29.5 Å². The van der Waals surface area contributed by atoms with Crippen molar-refractivity contribution in [2.24, 2.45) is 0 Å². The summed E-state index contributed by atoms with van der Waals surface area (Å²) in [6, 6.07) is 2.75. The minimum Gasteiger partial charge on any atom is -0.504 e. The van der Waals surface area contributed by atoms with Crippen molar-refractivity contribution >= 4 is 40.4 Å². The Morgan fingerprint density at radius 2 is 1.17 bits per heavy atom. The Balaban J connectivity index is 1.27. The van der Waals surface area contributed by atoms with E-state index >= 15 is 0 Å². The number of rotatable bonds is 4. The second-order valence-electron chi connectivity index (χ2n) is 14.5. The lowest BCUT2D eigenvalue weighted by atomic mass is 9.91. The molecule has 8 rings (SSSR count). The largest absolute Gasteiger partial charge is 0.504 e. The fourth-order valence-corrected chi connectivity index (χ4v) is 7.57. The van der Waals surface area contributed by atoms with E-state index in [1.807, 2.05) is 0 Å². The van der Waals surface area contributed by atoms with Gasteiger partial charge in [-0.1, -0.05) is 0 Å². The number of carbonyl (C=O) groups excluding carboxylic acids is 5. The van der Waals surface area contributed by atoms with Crippen LogP contribution in [0, 0.1) is 0 Å². The molecule has 65 heavy (non-hydrogen) atoms. The molecule has 1 aliphatic carbocycles. The lowest BCUT2D eigenvalue weighted by molar-refractivity contribution is -0.288. The van der Waals surface area contributed by atoms with E-state index in [2.05, 4.69) is 0 Å². The van der Waals surface area contributed by atoms with Gasteiger partial charge in [-0.25, -0.2) is 19.2 Å². The van der Waals surface area contributed by atoms with Gasteiger partial charge in [-0.05, 0) is 30.3 Å². The van der Waals surface area contributed by atoms with Gasteiger partial charge in [0.2, 0.25) is 23.5 Å². The van der Waals surface area contributed by atoms with Gasteiger partial charge in [0.25, 0.3) is 0 Å². The first-order chi connectivity index (χ1) is 30.6. The van der Waals surface area contributed by atoms with Gasteiger partial charge in [0.05, 0.1) is 28.0 Å². The number of phenols is 12. The first-order valence-corrected chi connectivity index (χ1v) is 18.3. The highest BCUT2D eigenvalue weighted by atomic mass is 16.7. The van der Waals surface area contributed by atoms with E-state index < -0.39 is 204 Å². The molecule has 338 valence electrons. The molecule has 3 heterocycles. The summed E-state index contributed by atoms with van der Waals surface area (Å²) in [5, 5.41) is 135. The van der Waals surface area contributed by atoms with Crippen LogP contribution in [-0.2, 0) is 28.5 Å². The predicted octanol–water partition coefficient (Wildman–Crippen LogP) is 0.848. The smallest absolute Gasteiger partial charge is 0.344 e. The zero-order chi connectivity index (χ0) is 47.2. The number of carbonyl (C=O) groups is 5. The Morgan fingerprint density at radius 3 is 1.77 bits per heavy atom. The third kappa shape index (κ3) is 6.73. The van der Waals surface area contributed by atoms with Gasteiger partial charge in [0.1, 0.15) is 12.7 Å². The van der Waals surface area contributed by atoms with Gasteiger partial charge in [-0.2, -0.15) is 0 Å². The van der Waals surface area contributed by atoms with Crippen LogP contribution in [0.3, 0.4) is 0 Å². The molecule has 13 N–H and O–H groups in total. The number of hydrogen-bond donors (Lipinski definition) is 13. The third-order valence-corrected chi connectivity index (χ3v) is 10.7. The summed E-state index contributed by atoms with van der Waals surface area (Å²) >= 11 is 0. The van der Waals surface area contributed by atoms with Crippen LogP contribution < -0.4 is 5.63 Å². The van der Waals surface area contributed by atoms with Gasteiger partial charge in [-0.3, -0.25) is 9.59 Å². The monoisotopic (exact) mass is 908 g/mol. The molecule has 0 radical (unpaired) electrons. The van der Waals surface area contributed by atoms with Gasteiger partial charge in [-0.15, -0.1) is 0 Å². The summed E-state index contributed by atoms with van der Waals surface area (Å²) in [5.74, 6) is -24.7. The number of fused-ring (bicyclic) bond motifs is 8. The van der Waals surface area contributed by atoms with E-state index in [9.17, 15) is 95.2 Å². The number of phenolic OH excluding ortho intramolecular Hbond substituents is 12. The molecular weight excluding hydrogens is 880 g/mol. The first kappa shape index (κ1) is 42.8. The molecule has 6 atom stereocenters. The second kappa shape index (κ2) is 15.2. The molecule has 1 saturated heterocycles. The average Bonchev–Trinajstić information content (AvgIpc) is 3.59. The van der Waals surface area contributed by atoms with Crippen molar-refractivity contribution in [2.75, 3.05) is 6.61 Å². The Bertz CT molecular complexity index is 3000. The van der Waals surface area contributed by atoms with Crippen LogP contribution in [0.15, 0.2) is 39.5 Å². The minimum absolute atomic E-state index is 0.405. The number of benzene rings is 4. The Kier molecular flexibility index (Phi) is 10.0. The highest BCUT2D eigenvalue weighted by molar-refractivity contribution is 6.11. The van der Waals surface area contributed by atoms with Crippen molar-refractivity contribution < 1.29 is 118 Å². The summed E-state index contributed by atoms with van der Waals surface area (Å²) in [5.41, 5.74) is -6.74. The molecule has 0 spiro atoms. The van der Waals surface area contributed by atoms with Crippen LogP contribution in [0.25, 0.3) is 21.9 Å². The molecule has 0 saturated carbocycles. The molecule has 25 heteroatoms. The van der Waals surface area contributed by atoms with Crippen LogP contribution in [0.2, 0.25) is 0 Å². The van der Waals surface area contributed by atoms with Crippen molar-refractivity contribution in [1.82, 2.24) is 0 Å². The summed E-state index contributed by atoms with van der Waals surface area (Å²) < 4.78 is 32.7. The molecule has 4 aromatic carbocycles. The highest BCUT2D eigenvalue weighted by Gasteiger charge is 2.54. The minimum atomic E-state index is -2.54. The normalized spacial score (nSPS) is 21.5. The van der Waals surface area contributed by atoms with E-state index in [4.69, 9.17) is 28.1 Å². The van der Waals surface area contributed by atoms with E-state index in [1.165, 1.54) is 0 Å². The quantitative estimate of drug-likeness (QED) is 0.0675. The number of aromatic hydroxyl groups is 12. The number of cyclic esters (lactones) is 1. The Morgan fingerprint density at radius 1 is 0.631 bits per heavy atom. The summed E-state index contributed by atoms with van der Waals surface area (Å²) in [6.07, 6.45) is -12.6. The fourth-order valence-electron chi connectivity index (χ4n) is 7.57. The van der Waals surface area contributed by atoms with Crippen LogP contribution in [0.5, 0.6) is 69.0 Å². The number of aliphatic hydroxyl groups excluding tert-OH is 1. The number of ether oxygens (including phenoxy) is 5. The maximum atomic E-state index is 14.3. The zero-order valence-electron chi connectivity index (χ0n) is 32.0.